The van der Waals surface area contributed by atoms with Gasteiger partial charge in [-0.15, -0.1) is 0 Å². The highest BCUT2D eigenvalue weighted by Crippen LogP contribution is 2.30. The van der Waals surface area contributed by atoms with Crippen molar-refractivity contribution < 1.29 is 9.59 Å². The summed E-state index contributed by atoms with van der Waals surface area (Å²) in [6.45, 7) is 1.12. The lowest BCUT2D eigenvalue weighted by atomic mass is 10.0. The molecule has 0 radical (unpaired) electrons. The van der Waals surface area contributed by atoms with Gasteiger partial charge in [-0.05, 0) is 72.7 Å². The molecule has 1 fully saturated rings. The molecule has 208 valence electrons. The summed E-state index contributed by atoms with van der Waals surface area (Å²) in [7, 11) is 0. The average Bonchev–Trinajstić information content (AvgIpc) is 3.44. The van der Waals surface area contributed by atoms with Crippen LogP contribution in [0.15, 0.2) is 67.4 Å². The Morgan fingerprint density at radius 2 is 1.93 bits per heavy atom. The van der Waals surface area contributed by atoms with E-state index in [2.05, 4.69) is 41.2 Å². The fourth-order valence-electron chi connectivity index (χ4n) is 5.04. The molecule has 12 heteroatoms. The van der Waals surface area contributed by atoms with Gasteiger partial charge in [-0.25, -0.2) is 9.78 Å². The Bertz CT molecular complexity index is 1580. The van der Waals surface area contributed by atoms with Crippen molar-refractivity contribution in [2.45, 2.75) is 25.7 Å². The standard InChI is InChI=1S/C29H28ClN9O2/c30-24-16-33-28-35-23-10-18(13-32-15-23)3-4-20-12-21(34-27(24)38-28)5-6-25(20)37-26(40)11-19-7-9-39(17-19)29(41)36-22-2-1-8-31-14-22/h1-2,5-6,8,10,12-16,19H,3-4,7,9,11,17H2,(H,36,41)(H,37,40)(H2,33,34,35,38)/t19-/m0/s1. The molecular weight excluding hydrogens is 542 g/mol. The van der Waals surface area contributed by atoms with Gasteiger partial charge in [-0.1, -0.05) is 11.6 Å². The zero-order chi connectivity index (χ0) is 28.2. The van der Waals surface area contributed by atoms with E-state index in [0.717, 1.165) is 41.0 Å². The summed E-state index contributed by atoms with van der Waals surface area (Å²) in [5.41, 5.74) is 4.96. The van der Waals surface area contributed by atoms with Crippen LogP contribution in [-0.4, -0.2) is 49.9 Å². The number of rotatable bonds is 4. The maximum absolute atomic E-state index is 13.1. The van der Waals surface area contributed by atoms with Gasteiger partial charge in [0.1, 0.15) is 5.02 Å². The predicted molar refractivity (Wildman–Crippen MR) is 158 cm³/mol. The second-order valence-electron chi connectivity index (χ2n) is 10.1. The first-order chi connectivity index (χ1) is 20.0. The van der Waals surface area contributed by atoms with Crippen LogP contribution < -0.4 is 21.3 Å². The number of nitrogens with zero attached hydrogens (tertiary/aromatic N) is 5. The first-order valence-corrected chi connectivity index (χ1v) is 13.8. The Kier molecular flexibility index (Phi) is 7.59. The van der Waals surface area contributed by atoms with Crippen molar-refractivity contribution in [3.63, 3.8) is 0 Å². The van der Waals surface area contributed by atoms with Crippen molar-refractivity contribution in [1.82, 2.24) is 24.8 Å². The van der Waals surface area contributed by atoms with E-state index in [1.54, 1.807) is 35.6 Å². The Balaban J connectivity index is 1.15. The van der Waals surface area contributed by atoms with E-state index >= 15 is 0 Å². The van der Waals surface area contributed by atoms with E-state index in [1.165, 1.54) is 6.20 Å². The van der Waals surface area contributed by atoms with Crippen molar-refractivity contribution in [2.75, 3.05) is 34.4 Å². The van der Waals surface area contributed by atoms with E-state index < -0.39 is 0 Å². The third kappa shape index (κ3) is 6.52. The molecule has 2 aliphatic heterocycles. The Morgan fingerprint density at radius 3 is 2.80 bits per heavy atom. The number of urea groups is 1. The molecule has 11 nitrogen and oxygen atoms in total. The van der Waals surface area contributed by atoms with E-state index in [4.69, 9.17) is 11.6 Å². The van der Waals surface area contributed by atoms with Crippen LogP contribution in [0, 0.1) is 5.92 Å². The number of carbonyl (C=O) groups excluding carboxylic acids is 2. The van der Waals surface area contributed by atoms with Crippen LogP contribution in [-0.2, 0) is 17.6 Å². The lowest BCUT2D eigenvalue weighted by Crippen LogP contribution is -2.33. The number of anilines is 6. The number of hydrogen-bond donors (Lipinski definition) is 4. The molecule has 6 rings (SSSR count). The summed E-state index contributed by atoms with van der Waals surface area (Å²) in [5.74, 6) is 0.865. The molecule has 0 spiro atoms. The molecule has 1 aromatic carbocycles. The summed E-state index contributed by atoms with van der Waals surface area (Å²) >= 11 is 6.37. The molecular formula is C29H28ClN9O2. The third-order valence-electron chi connectivity index (χ3n) is 7.08. The zero-order valence-corrected chi connectivity index (χ0v) is 22.9. The fourth-order valence-corrected chi connectivity index (χ4v) is 5.18. The number of nitrogens with one attached hydrogen (secondary N) is 4. The van der Waals surface area contributed by atoms with Crippen LogP contribution >= 0.6 is 11.6 Å². The lowest BCUT2D eigenvalue weighted by molar-refractivity contribution is -0.117. The predicted octanol–water partition coefficient (Wildman–Crippen LogP) is 5.39. The molecule has 5 heterocycles. The van der Waals surface area contributed by atoms with Gasteiger partial charge in [0.2, 0.25) is 11.9 Å². The number of hydrogen-bond acceptors (Lipinski definition) is 8. The number of carbonyl (C=O) groups is 2. The fraction of sp³-hybridized carbons (Fsp3) is 0.241. The van der Waals surface area contributed by atoms with Gasteiger partial charge in [0, 0.05) is 43.3 Å². The number of amides is 3. The molecule has 0 aliphatic carbocycles. The number of likely N-dealkylation sites (tertiary alicyclic amines) is 1. The van der Waals surface area contributed by atoms with Crippen molar-refractivity contribution in [1.29, 1.82) is 0 Å². The molecule has 1 atom stereocenters. The highest BCUT2D eigenvalue weighted by molar-refractivity contribution is 6.32. The first kappa shape index (κ1) is 26.5. The van der Waals surface area contributed by atoms with E-state index in [0.29, 0.717) is 48.4 Å². The smallest absolute Gasteiger partial charge is 0.321 e. The van der Waals surface area contributed by atoms with Crippen LogP contribution in [0.4, 0.5) is 39.3 Å². The maximum atomic E-state index is 13.1. The molecule has 4 N–H and O–H groups in total. The summed E-state index contributed by atoms with van der Waals surface area (Å²) in [6.07, 6.45) is 10.8. The molecule has 0 unspecified atom stereocenters. The number of aryl methyl sites for hydroxylation is 2. The maximum Gasteiger partial charge on any atom is 0.321 e. The van der Waals surface area contributed by atoms with Crippen LogP contribution in [0.1, 0.15) is 24.0 Å². The van der Waals surface area contributed by atoms with Crippen molar-refractivity contribution >= 4 is 58.1 Å². The van der Waals surface area contributed by atoms with Gasteiger partial charge in [0.15, 0.2) is 5.82 Å². The van der Waals surface area contributed by atoms with Gasteiger partial charge in [-0.2, -0.15) is 4.98 Å². The highest BCUT2D eigenvalue weighted by Gasteiger charge is 2.28. The number of pyridine rings is 2. The molecule has 3 aromatic heterocycles. The topological polar surface area (TPSA) is 137 Å². The van der Waals surface area contributed by atoms with Crippen LogP contribution in [0.25, 0.3) is 0 Å². The lowest BCUT2D eigenvalue weighted by Gasteiger charge is -2.18. The molecule has 6 bridgehead atoms. The number of aromatic nitrogens is 4. The second-order valence-corrected chi connectivity index (χ2v) is 10.5. The molecule has 4 aromatic rings. The minimum Gasteiger partial charge on any atom is -0.339 e. The third-order valence-corrected chi connectivity index (χ3v) is 7.36. The van der Waals surface area contributed by atoms with Crippen molar-refractivity contribution in [3.8, 4) is 0 Å². The van der Waals surface area contributed by atoms with E-state index in [1.807, 2.05) is 30.5 Å². The summed E-state index contributed by atoms with van der Waals surface area (Å²) in [6, 6.07) is 11.2. The Labute approximate surface area is 241 Å². The van der Waals surface area contributed by atoms with Crippen LogP contribution in [0.2, 0.25) is 5.02 Å². The minimum absolute atomic E-state index is 0.0797. The SMILES string of the molecule is O=C(C[C@@H]1CCN(C(=O)Nc2cccnc2)C1)Nc1ccc2cc1CCc1cncc(c1)Nc1ncc(Cl)c(n1)N2. The number of fused-ring (bicyclic) bond motifs is 6. The normalized spacial score (nSPS) is 15.8. The summed E-state index contributed by atoms with van der Waals surface area (Å²) < 4.78 is 0. The highest BCUT2D eigenvalue weighted by atomic mass is 35.5. The minimum atomic E-state index is -0.181. The number of halogens is 1. The molecule has 3 amide bonds. The Morgan fingerprint density at radius 1 is 1.00 bits per heavy atom. The largest absolute Gasteiger partial charge is 0.339 e. The summed E-state index contributed by atoms with van der Waals surface area (Å²) in [4.78, 5) is 44.7. The molecule has 2 aliphatic rings. The Hall–Kier alpha value is -4.77. The first-order valence-electron chi connectivity index (χ1n) is 13.4. The molecule has 1 saturated heterocycles. The summed E-state index contributed by atoms with van der Waals surface area (Å²) in [5, 5.41) is 12.8. The van der Waals surface area contributed by atoms with Crippen molar-refractivity contribution in [2.24, 2.45) is 5.92 Å². The quantitative estimate of drug-likeness (QED) is 0.257. The second kappa shape index (κ2) is 11.8. The van der Waals surface area contributed by atoms with Crippen LogP contribution in [0.3, 0.4) is 0 Å². The van der Waals surface area contributed by atoms with Gasteiger partial charge in [0.25, 0.3) is 0 Å². The monoisotopic (exact) mass is 569 g/mol. The van der Waals surface area contributed by atoms with Gasteiger partial charge < -0.3 is 26.2 Å². The van der Waals surface area contributed by atoms with Gasteiger partial charge in [-0.3, -0.25) is 14.8 Å². The van der Waals surface area contributed by atoms with Crippen LogP contribution in [0.5, 0.6) is 0 Å². The zero-order valence-electron chi connectivity index (χ0n) is 22.1. The van der Waals surface area contributed by atoms with E-state index in [-0.39, 0.29) is 17.9 Å². The molecule has 0 saturated carbocycles. The molecule has 41 heavy (non-hydrogen) atoms. The average molecular weight is 570 g/mol. The van der Waals surface area contributed by atoms with Gasteiger partial charge >= 0.3 is 6.03 Å². The van der Waals surface area contributed by atoms with Crippen molar-refractivity contribution in [3.05, 3.63) is 83.5 Å². The van der Waals surface area contributed by atoms with E-state index in [9.17, 15) is 9.59 Å². The van der Waals surface area contributed by atoms with Gasteiger partial charge in [0.05, 0.1) is 30.0 Å². The number of benzene rings is 1.